The predicted octanol–water partition coefficient (Wildman–Crippen LogP) is 3.96. The maximum absolute atomic E-state index is 13.0. The lowest BCUT2D eigenvalue weighted by atomic mass is 10.1. The van der Waals surface area contributed by atoms with Crippen molar-refractivity contribution < 1.29 is 27.4 Å². The molecule has 0 amide bonds. The lowest BCUT2D eigenvalue weighted by Gasteiger charge is -2.16. The van der Waals surface area contributed by atoms with Crippen molar-refractivity contribution in [1.29, 1.82) is 0 Å². The summed E-state index contributed by atoms with van der Waals surface area (Å²) in [4.78, 5) is 0. The van der Waals surface area contributed by atoms with Crippen LogP contribution in [-0.4, -0.2) is 11.7 Å². The zero-order chi connectivity index (χ0) is 15.5. The molecular weight excluding hydrogens is 288 g/mol. The van der Waals surface area contributed by atoms with Crippen molar-refractivity contribution in [1.82, 2.24) is 0 Å². The van der Waals surface area contributed by atoms with E-state index < -0.39 is 30.3 Å². The molecule has 0 bridgehead atoms. The maximum Gasteiger partial charge on any atom is 0.419 e. The topological polar surface area (TPSA) is 29.5 Å². The van der Waals surface area contributed by atoms with Gasteiger partial charge in [0.2, 0.25) is 0 Å². The van der Waals surface area contributed by atoms with Gasteiger partial charge in [0, 0.05) is 0 Å². The fourth-order valence-corrected chi connectivity index (χ4v) is 1.81. The van der Waals surface area contributed by atoms with Gasteiger partial charge in [-0.2, -0.15) is 13.2 Å². The molecule has 6 heteroatoms. The number of alkyl halides is 3. The van der Waals surface area contributed by atoms with Gasteiger partial charge in [0.05, 0.1) is 5.56 Å². The third kappa shape index (κ3) is 3.95. The first-order valence-corrected chi connectivity index (χ1v) is 6.10. The van der Waals surface area contributed by atoms with Crippen molar-refractivity contribution in [3.8, 4) is 5.75 Å². The summed E-state index contributed by atoms with van der Waals surface area (Å²) in [6.45, 7) is -0.406. The molecule has 1 N–H and O–H groups in total. The standard InChI is InChI=1S/C15H12F4O2/c16-11-5-3-4-10(8-11)13(20)9-21-14-7-2-1-6-12(14)15(17,18)19/h1-8,13,20H,9H2. The molecule has 1 atom stereocenters. The van der Waals surface area contributed by atoms with Crippen molar-refractivity contribution in [2.24, 2.45) is 0 Å². The van der Waals surface area contributed by atoms with E-state index in [1.54, 1.807) is 0 Å². The maximum atomic E-state index is 13.0. The van der Waals surface area contributed by atoms with Crippen LogP contribution in [0.25, 0.3) is 0 Å². The number of hydrogen-bond acceptors (Lipinski definition) is 2. The van der Waals surface area contributed by atoms with Crippen LogP contribution >= 0.6 is 0 Å². The number of hydrogen-bond donors (Lipinski definition) is 1. The van der Waals surface area contributed by atoms with Gasteiger partial charge in [0.25, 0.3) is 0 Å². The zero-order valence-corrected chi connectivity index (χ0v) is 10.8. The van der Waals surface area contributed by atoms with Gasteiger partial charge in [-0.15, -0.1) is 0 Å². The van der Waals surface area contributed by atoms with Crippen LogP contribution in [0.5, 0.6) is 5.75 Å². The Morgan fingerprint density at radius 3 is 2.43 bits per heavy atom. The zero-order valence-electron chi connectivity index (χ0n) is 10.8. The quantitative estimate of drug-likeness (QED) is 0.866. The van der Waals surface area contributed by atoms with E-state index in [9.17, 15) is 22.7 Å². The molecule has 0 aromatic heterocycles. The van der Waals surface area contributed by atoms with Crippen molar-refractivity contribution in [2.45, 2.75) is 12.3 Å². The predicted molar refractivity (Wildman–Crippen MR) is 68.3 cm³/mol. The van der Waals surface area contributed by atoms with Crippen molar-refractivity contribution in [3.63, 3.8) is 0 Å². The minimum absolute atomic E-state index is 0.236. The second-order valence-electron chi connectivity index (χ2n) is 4.38. The van der Waals surface area contributed by atoms with E-state index in [2.05, 4.69) is 0 Å². The SMILES string of the molecule is OC(COc1ccccc1C(F)(F)F)c1cccc(F)c1. The number of aliphatic hydroxyl groups excluding tert-OH is 1. The Morgan fingerprint density at radius 1 is 1.05 bits per heavy atom. The molecule has 2 nitrogen and oxygen atoms in total. The molecule has 0 heterocycles. The van der Waals surface area contributed by atoms with Crippen LogP contribution in [0.2, 0.25) is 0 Å². The van der Waals surface area contributed by atoms with E-state index in [1.165, 1.54) is 36.4 Å². The summed E-state index contributed by atoms with van der Waals surface area (Å²) in [5, 5.41) is 9.83. The molecule has 0 spiro atoms. The summed E-state index contributed by atoms with van der Waals surface area (Å²) < 4.78 is 56.3. The molecule has 0 aliphatic rings. The number of benzene rings is 2. The molecule has 1 unspecified atom stereocenters. The second-order valence-corrected chi connectivity index (χ2v) is 4.38. The smallest absolute Gasteiger partial charge is 0.419 e. The molecular formula is C15H12F4O2. The molecule has 112 valence electrons. The van der Waals surface area contributed by atoms with Crippen molar-refractivity contribution in [2.75, 3.05) is 6.61 Å². The summed E-state index contributed by atoms with van der Waals surface area (Å²) in [7, 11) is 0. The Balaban J connectivity index is 2.10. The fourth-order valence-electron chi connectivity index (χ4n) is 1.81. The highest BCUT2D eigenvalue weighted by molar-refractivity contribution is 5.35. The Kier molecular flexibility index (Phi) is 4.47. The van der Waals surface area contributed by atoms with E-state index in [0.29, 0.717) is 0 Å². The number of ether oxygens (including phenoxy) is 1. The molecule has 21 heavy (non-hydrogen) atoms. The van der Waals surface area contributed by atoms with Crippen molar-refractivity contribution in [3.05, 3.63) is 65.5 Å². The third-order valence-corrected chi connectivity index (χ3v) is 2.82. The highest BCUT2D eigenvalue weighted by Crippen LogP contribution is 2.36. The van der Waals surface area contributed by atoms with Crippen LogP contribution in [0.15, 0.2) is 48.5 Å². The average Bonchev–Trinajstić information content (AvgIpc) is 2.44. The molecule has 2 aromatic carbocycles. The summed E-state index contributed by atoms with van der Waals surface area (Å²) in [5.41, 5.74) is -0.684. The molecule has 0 aliphatic heterocycles. The number of aliphatic hydroxyl groups is 1. The van der Waals surface area contributed by atoms with E-state index in [1.807, 2.05) is 0 Å². The van der Waals surface area contributed by atoms with Gasteiger partial charge in [0.15, 0.2) is 0 Å². The van der Waals surface area contributed by atoms with E-state index in [-0.39, 0.29) is 11.3 Å². The summed E-state index contributed by atoms with van der Waals surface area (Å²) in [5.74, 6) is -0.914. The van der Waals surface area contributed by atoms with Gasteiger partial charge < -0.3 is 9.84 Å². The van der Waals surface area contributed by atoms with Crippen LogP contribution in [0.3, 0.4) is 0 Å². The second kappa shape index (κ2) is 6.13. The minimum Gasteiger partial charge on any atom is -0.490 e. The molecule has 0 saturated heterocycles. The lowest BCUT2D eigenvalue weighted by molar-refractivity contribution is -0.139. The van der Waals surface area contributed by atoms with Gasteiger partial charge in [-0.3, -0.25) is 0 Å². The molecule has 0 radical (unpaired) electrons. The van der Waals surface area contributed by atoms with E-state index >= 15 is 0 Å². The number of halogens is 4. The summed E-state index contributed by atoms with van der Waals surface area (Å²) in [6.07, 6.45) is -5.76. The fraction of sp³-hybridized carbons (Fsp3) is 0.200. The highest BCUT2D eigenvalue weighted by Gasteiger charge is 2.34. The Labute approximate surface area is 118 Å². The first kappa shape index (κ1) is 15.3. The van der Waals surface area contributed by atoms with Crippen molar-refractivity contribution >= 4 is 0 Å². The van der Waals surface area contributed by atoms with Crippen LogP contribution in [0.4, 0.5) is 17.6 Å². The number of rotatable bonds is 4. The molecule has 2 aromatic rings. The van der Waals surface area contributed by atoms with Crippen LogP contribution in [0, 0.1) is 5.82 Å². The Morgan fingerprint density at radius 2 is 1.76 bits per heavy atom. The molecule has 0 aliphatic carbocycles. The molecule has 0 saturated carbocycles. The third-order valence-electron chi connectivity index (χ3n) is 2.82. The first-order chi connectivity index (χ1) is 9.88. The summed E-state index contributed by atoms with van der Waals surface area (Å²) in [6, 6.07) is 9.88. The molecule has 2 rings (SSSR count). The summed E-state index contributed by atoms with van der Waals surface area (Å²) >= 11 is 0. The van der Waals surface area contributed by atoms with E-state index in [0.717, 1.165) is 12.1 Å². The van der Waals surface area contributed by atoms with Gasteiger partial charge in [-0.25, -0.2) is 4.39 Å². The first-order valence-electron chi connectivity index (χ1n) is 6.10. The van der Waals surface area contributed by atoms with Gasteiger partial charge >= 0.3 is 6.18 Å². The van der Waals surface area contributed by atoms with Gasteiger partial charge in [-0.05, 0) is 29.8 Å². The Hall–Kier alpha value is -2.08. The largest absolute Gasteiger partial charge is 0.490 e. The van der Waals surface area contributed by atoms with Crippen LogP contribution in [-0.2, 0) is 6.18 Å². The molecule has 0 fully saturated rings. The highest BCUT2D eigenvalue weighted by atomic mass is 19.4. The Bertz CT molecular complexity index is 611. The average molecular weight is 300 g/mol. The normalized spacial score (nSPS) is 13.0. The van der Waals surface area contributed by atoms with Crippen LogP contribution < -0.4 is 4.74 Å². The van der Waals surface area contributed by atoms with Gasteiger partial charge in [-0.1, -0.05) is 24.3 Å². The monoisotopic (exact) mass is 300 g/mol. The lowest BCUT2D eigenvalue weighted by Crippen LogP contribution is -2.13. The van der Waals surface area contributed by atoms with Crippen LogP contribution in [0.1, 0.15) is 17.2 Å². The van der Waals surface area contributed by atoms with E-state index in [4.69, 9.17) is 4.74 Å². The van der Waals surface area contributed by atoms with Gasteiger partial charge in [0.1, 0.15) is 24.3 Å². The minimum atomic E-state index is -4.54. The number of para-hydroxylation sites is 1.